The van der Waals surface area contributed by atoms with Gasteiger partial charge >= 0.3 is 0 Å². The van der Waals surface area contributed by atoms with E-state index in [4.69, 9.17) is 5.73 Å². The van der Waals surface area contributed by atoms with Crippen molar-refractivity contribution < 1.29 is 0 Å². The maximum atomic E-state index is 6.08. The van der Waals surface area contributed by atoms with E-state index in [0.717, 1.165) is 13.0 Å². The molecule has 1 aromatic rings. The SMILES string of the molecule is CCC(N)CN1c2ccccc2CCC1C. The Kier molecular flexibility index (Phi) is 3.49. The highest BCUT2D eigenvalue weighted by Crippen LogP contribution is 2.30. The maximum absolute atomic E-state index is 6.08. The van der Waals surface area contributed by atoms with Gasteiger partial charge in [-0.05, 0) is 37.8 Å². The van der Waals surface area contributed by atoms with Gasteiger partial charge in [-0.3, -0.25) is 0 Å². The van der Waals surface area contributed by atoms with Crippen molar-refractivity contribution in [1.82, 2.24) is 0 Å². The fourth-order valence-electron chi connectivity index (χ4n) is 2.42. The molecule has 0 amide bonds. The van der Waals surface area contributed by atoms with Crippen molar-refractivity contribution in [2.45, 2.75) is 45.2 Å². The van der Waals surface area contributed by atoms with Crippen molar-refractivity contribution in [3.63, 3.8) is 0 Å². The Balaban J connectivity index is 2.22. The average molecular weight is 218 g/mol. The van der Waals surface area contributed by atoms with Crippen LogP contribution in [0.15, 0.2) is 24.3 Å². The lowest BCUT2D eigenvalue weighted by molar-refractivity contribution is 0.519. The molecule has 1 aliphatic heterocycles. The third-order valence-corrected chi connectivity index (χ3v) is 3.62. The Bertz CT molecular complexity index is 348. The fourth-order valence-corrected chi connectivity index (χ4v) is 2.42. The van der Waals surface area contributed by atoms with Crippen molar-refractivity contribution in [2.75, 3.05) is 11.4 Å². The zero-order valence-corrected chi connectivity index (χ0v) is 10.3. The number of para-hydroxylation sites is 1. The van der Waals surface area contributed by atoms with Crippen LogP contribution in [0.3, 0.4) is 0 Å². The van der Waals surface area contributed by atoms with Gasteiger partial charge in [0, 0.05) is 24.3 Å². The smallest absolute Gasteiger partial charge is 0.0401 e. The number of rotatable bonds is 3. The highest BCUT2D eigenvalue weighted by atomic mass is 15.2. The first-order chi connectivity index (χ1) is 7.72. The molecule has 0 aliphatic carbocycles. The monoisotopic (exact) mass is 218 g/mol. The van der Waals surface area contributed by atoms with Crippen molar-refractivity contribution >= 4 is 5.69 Å². The molecule has 0 saturated heterocycles. The summed E-state index contributed by atoms with van der Waals surface area (Å²) in [5, 5.41) is 0. The Labute approximate surface area is 98.4 Å². The molecule has 88 valence electrons. The molecule has 0 bridgehead atoms. The van der Waals surface area contributed by atoms with Gasteiger partial charge < -0.3 is 10.6 Å². The molecule has 2 N–H and O–H groups in total. The van der Waals surface area contributed by atoms with E-state index in [1.165, 1.54) is 24.1 Å². The molecule has 0 radical (unpaired) electrons. The molecular formula is C14H22N2. The highest BCUT2D eigenvalue weighted by molar-refractivity contribution is 5.56. The lowest BCUT2D eigenvalue weighted by atomic mass is 9.96. The quantitative estimate of drug-likeness (QED) is 0.845. The third kappa shape index (κ3) is 2.22. The van der Waals surface area contributed by atoms with Crippen LogP contribution in [0.25, 0.3) is 0 Å². The number of hydrogen-bond acceptors (Lipinski definition) is 2. The lowest BCUT2D eigenvalue weighted by Crippen LogP contribution is -2.44. The summed E-state index contributed by atoms with van der Waals surface area (Å²) in [5.74, 6) is 0. The summed E-state index contributed by atoms with van der Waals surface area (Å²) >= 11 is 0. The van der Waals surface area contributed by atoms with Crippen molar-refractivity contribution in [3.8, 4) is 0 Å². The standard InChI is InChI=1S/C14H22N2/c1-3-13(15)10-16-11(2)8-9-12-6-4-5-7-14(12)16/h4-7,11,13H,3,8-10,15H2,1-2H3. The van der Waals surface area contributed by atoms with Crippen molar-refractivity contribution in [1.29, 1.82) is 0 Å². The second-order valence-electron chi connectivity index (χ2n) is 4.84. The van der Waals surface area contributed by atoms with Crippen LogP contribution in [0.2, 0.25) is 0 Å². The molecule has 16 heavy (non-hydrogen) atoms. The first-order valence-electron chi connectivity index (χ1n) is 6.32. The van der Waals surface area contributed by atoms with Crippen LogP contribution in [0.5, 0.6) is 0 Å². The molecule has 0 fully saturated rings. The van der Waals surface area contributed by atoms with Gasteiger partial charge in [-0.2, -0.15) is 0 Å². The summed E-state index contributed by atoms with van der Waals surface area (Å²) in [6, 6.07) is 9.63. The van der Waals surface area contributed by atoms with Gasteiger partial charge in [0.05, 0.1) is 0 Å². The molecule has 1 aliphatic rings. The topological polar surface area (TPSA) is 29.3 Å². The van der Waals surface area contributed by atoms with Gasteiger partial charge in [-0.1, -0.05) is 25.1 Å². The predicted octanol–water partition coefficient (Wildman–Crippen LogP) is 2.57. The molecular weight excluding hydrogens is 196 g/mol. The Morgan fingerprint density at radius 2 is 2.19 bits per heavy atom. The van der Waals surface area contributed by atoms with E-state index in [2.05, 4.69) is 43.0 Å². The van der Waals surface area contributed by atoms with Gasteiger partial charge in [0.1, 0.15) is 0 Å². The van der Waals surface area contributed by atoms with Gasteiger partial charge in [0.25, 0.3) is 0 Å². The Morgan fingerprint density at radius 1 is 1.44 bits per heavy atom. The van der Waals surface area contributed by atoms with Gasteiger partial charge in [0.15, 0.2) is 0 Å². The summed E-state index contributed by atoms with van der Waals surface area (Å²) in [5.41, 5.74) is 8.95. The predicted molar refractivity (Wildman–Crippen MR) is 69.8 cm³/mol. The van der Waals surface area contributed by atoms with E-state index in [9.17, 15) is 0 Å². The summed E-state index contributed by atoms with van der Waals surface area (Å²) in [6.45, 7) is 5.44. The second-order valence-corrected chi connectivity index (χ2v) is 4.84. The largest absolute Gasteiger partial charge is 0.367 e. The van der Waals surface area contributed by atoms with Crippen molar-refractivity contribution in [2.24, 2.45) is 5.73 Å². The maximum Gasteiger partial charge on any atom is 0.0401 e. The summed E-state index contributed by atoms with van der Waals surface area (Å²) in [6.07, 6.45) is 3.49. The first kappa shape index (κ1) is 11.5. The number of hydrogen-bond donors (Lipinski definition) is 1. The van der Waals surface area contributed by atoms with Crippen LogP contribution >= 0.6 is 0 Å². The van der Waals surface area contributed by atoms with Gasteiger partial charge in [-0.25, -0.2) is 0 Å². The number of nitrogens with zero attached hydrogens (tertiary/aromatic N) is 1. The number of aryl methyl sites for hydroxylation is 1. The minimum Gasteiger partial charge on any atom is -0.367 e. The second kappa shape index (κ2) is 4.88. The summed E-state index contributed by atoms with van der Waals surface area (Å²) in [7, 11) is 0. The minimum absolute atomic E-state index is 0.286. The van der Waals surface area contributed by atoms with E-state index in [0.29, 0.717) is 6.04 Å². The van der Waals surface area contributed by atoms with Crippen LogP contribution in [0, 0.1) is 0 Å². The molecule has 2 rings (SSSR count). The van der Waals surface area contributed by atoms with Gasteiger partial charge in [0.2, 0.25) is 0 Å². The zero-order valence-electron chi connectivity index (χ0n) is 10.3. The van der Waals surface area contributed by atoms with Crippen molar-refractivity contribution in [3.05, 3.63) is 29.8 Å². The number of nitrogens with two attached hydrogens (primary N) is 1. The Hall–Kier alpha value is -1.02. The van der Waals surface area contributed by atoms with E-state index >= 15 is 0 Å². The summed E-state index contributed by atoms with van der Waals surface area (Å²) < 4.78 is 0. The fraction of sp³-hybridized carbons (Fsp3) is 0.571. The van der Waals surface area contributed by atoms with Crippen LogP contribution in [-0.4, -0.2) is 18.6 Å². The van der Waals surface area contributed by atoms with E-state index in [1.54, 1.807) is 0 Å². The number of benzene rings is 1. The Morgan fingerprint density at radius 3 is 2.94 bits per heavy atom. The average Bonchev–Trinajstić information content (AvgIpc) is 2.32. The zero-order chi connectivity index (χ0) is 11.5. The number of fused-ring (bicyclic) bond motifs is 1. The van der Waals surface area contributed by atoms with E-state index < -0.39 is 0 Å². The first-order valence-corrected chi connectivity index (χ1v) is 6.32. The number of anilines is 1. The molecule has 1 heterocycles. The van der Waals surface area contributed by atoms with Crippen LogP contribution in [-0.2, 0) is 6.42 Å². The molecule has 0 saturated carbocycles. The van der Waals surface area contributed by atoms with Crippen LogP contribution in [0.1, 0.15) is 32.3 Å². The van der Waals surface area contributed by atoms with E-state index in [-0.39, 0.29) is 6.04 Å². The lowest BCUT2D eigenvalue weighted by Gasteiger charge is -2.38. The molecule has 2 atom stereocenters. The molecule has 2 unspecified atom stereocenters. The normalized spacial score (nSPS) is 21.7. The molecule has 2 nitrogen and oxygen atoms in total. The molecule has 0 aromatic heterocycles. The van der Waals surface area contributed by atoms with Crippen LogP contribution in [0.4, 0.5) is 5.69 Å². The van der Waals surface area contributed by atoms with Gasteiger partial charge in [-0.15, -0.1) is 0 Å². The molecule has 2 heteroatoms. The van der Waals surface area contributed by atoms with E-state index in [1.807, 2.05) is 0 Å². The highest BCUT2D eigenvalue weighted by Gasteiger charge is 2.23. The minimum atomic E-state index is 0.286. The van der Waals surface area contributed by atoms with Crippen LogP contribution < -0.4 is 10.6 Å². The molecule has 1 aromatic carbocycles. The third-order valence-electron chi connectivity index (χ3n) is 3.62. The summed E-state index contributed by atoms with van der Waals surface area (Å²) in [4.78, 5) is 2.48. The molecule has 0 spiro atoms.